The lowest BCUT2D eigenvalue weighted by molar-refractivity contribution is -0.160. The van der Waals surface area contributed by atoms with Crippen LogP contribution in [0.4, 0.5) is 0 Å². The number of thiazole rings is 1. The summed E-state index contributed by atoms with van der Waals surface area (Å²) in [6.45, 7) is 2.91. The number of aromatic nitrogens is 1. The van der Waals surface area contributed by atoms with Gasteiger partial charge in [0.05, 0.1) is 6.54 Å². The summed E-state index contributed by atoms with van der Waals surface area (Å²) in [5.74, 6) is 0.0631. The first-order chi connectivity index (χ1) is 9.61. The molecule has 0 spiro atoms. The summed E-state index contributed by atoms with van der Waals surface area (Å²) in [5.41, 5.74) is 0.700. The Morgan fingerprint density at radius 3 is 2.80 bits per heavy atom. The van der Waals surface area contributed by atoms with Crippen molar-refractivity contribution >= 4 is 23.2 Å². The zero-order valence-corrected chi connectivity index (χ0v) is 12.1. The highest BCUT2D eigenvalue weighted by Crippen LogP contribution is 2.28. The van der Waals surface area contributed by atoms with E-state index in [4.69, 9.17) is 0 Å². The summed E-state index contributed by atoms with van der Waals surface area (Å²) in [7, 11) is 0. The van der Waals surface area contributed by atoms with E-state index in [9.17, 15) is 14.4 Å². The Labute approximate surface area is 120 Å². The van der Waals surface area contributed by atoms with E-state index in [0.717, 1.165) is 24.2 Å². The van der Waals surface area contributed by atoms with Crippen molar-refractivity contribution in [1.82, 2.24) is 14.8 Å². The van der Waals surface area contributed by atoms with Crippen LogP contribution in [0.1, 0.15) is 31.9 Å². The van der Waals surface area contributed by atoms with Gasteiger partial charge in [-0.1, -0.05) is 18.3 Å². The van der Waals surface area contributed by atoms with Gasteiger partial charge < -0.3 is 14.8 Å². The average molecular weight is 295 g/mol. The molecule has 3 heterocycles. The van der Waals surface area contributed by atoms with Crippen molar-refractivity contribution in [3.8, 4) is 0 Å². The molecule has 2 saturated heterocycles. The molecule has 3 rings (SSSR count). The van der Waals surface area contributed by atoms with Gasteiger partial charge in [-0.15, -0.1) is 0 Å². The van der Waals surface area contributed by atoms with Crippen molar-refractivity contribution in [2.75, 3.05) is 6.54 Å². The molecule has 0 saturated carbocycles. The first kappa shape index (κ1) is 13.4. The molecule has 108 valence electrons. The zero-order chi connectivity index (χ0) is 14.3. The third-order valence-electron chi connectivity index (χ3n) is 4.06. The van der Waals surface area contributed by atoms with Crippen LogP contribution >= 0.6 is 11.3 Å². The molecule has 2 aliphatic rings. The number of hydrogen-bond acceptors (Lipinski definition) is 4. The summed E-state index contributed by atoms with van der Waals surface area (Å²) < 4.78 is 0. The molecule has 2 unspecified atom stereocenters. The largest absolute Gasteiger partial charge is 0.329 e. The molecule has 0 aromatic carbocycles. The highest BCUT2D eigenvalue weighted by molar-refractivity contribution is 7.07. The summed E-state index contributed by atoms with van der Waals surface area (Å²) in [6.07, 6.45) is 2.24. The quantitative estimate of drug-likeness (QED) is 0.885. The van der Waals surface area contributed by atoms with Gasteiger partial charge >= 0.3 is 4.87 Å². The number of piperazine rings is 1. The fourth-order valence-electron chi connectivity index (χ4n) is 3.12. The van der Waals surface area contributed by atoms with E-state index in [0.29, 0.717) is 25.2 Å². The lowest BCUT2D eigenvalue weighted by atomic mass is 10.0. The van der Waals surface area contributed by atoms with Crippen LogP contribution in [0.2, 0.25) is 0 Å². The lowest BCUT2D eigenvalue weighted by Gasteiger charge is -2.41. The molecule has 2 atom stereocenters. The van der Waals surface area contributed by atoms with Crippen LogP contribution in [0.3, 0.4) is 0 Å². The monoisotopic (exact) mass is 295 g/mol. The number of fused-ring (bicyclic) bond motifs is 1. The van der Waals surface area contributed by atoms with Gasteiger partial charge in [0.2, 0.25) is 11.8 Å². The first-order valence-electron chi connectivity index (χ1n) is 6.89. The molecule has 2 fully saturated rings. The molecular weight excluding hydrogens is 278 g/mol. The minimum atomic E-state index is -0.403. The number of amides is 2. The Hall–Kier alpha value is -1.63. The fourth-order valence-corrected chi connectivity index (χ4v) is 3.69. The Kier molecular flexibility index (Phi) is 3.37. The van der Waals surface area contributed by atoms with Gasteiger partial charge in [0.1, 0.15) is 12.1 Å². The van der Waals surface area contributed by atoms with E-state index in [1.54, 1.807) is 15.2 Å². The number of nitrogens with zero attached hydrogens (tertiary/aromatic N) is 2. The Bertz CT molecular complexity index is 594. The van der Waals surface area contributed by atoms with Gasteiger partial charge in [0, 0.05) is 17.6 Å². The third kappa shape index (κ3) is 2.06. The van der Waals surface area contributed by atoms with Crippen molar-refractivity contribution in [3.63, 3.8) is 0 Å². The van der Waals surface area contributed by atoms with E-state index < -0.39 is 6.04 Å². The van der Waals surface area contributed by atoms with Crippen LogP contribution in [0.5, 0.6) is 0 Å². The first-order valence-corrected chi connectivity index (χ1v) is 7.77. The number of nitrogens with one attached hydrogen (secondary N) is 1. The molecular formula is C13H17N3O3S. The van der Waals surface area contributed by atoms with Crippen LogP contribution in [-0.2, 0) is 16.1 Å². The molecule has 0 bridgehead atoms. The maximum Gasteiger partial charge on any atom is 0.304 e. The second-order valence-electron chi connectivity index (χ2n) is 5.25. The third-order valence-corrected chi connectivity index (χ3v) is 4.78. The number of carbonyl (C=O) groups is 2. The highest BCUT2D eigenvalue weighted by Gasteiger charge is 2.46. The highest BCUT2D eigenvalue weighted by atomic mass is 32.1. The Morgan fingerprint density at radius 1 is 1.35 bits per heavy atom. The standard InChI is InChI=1S/C13H17N3O3S/c1-2-9-11(17)15-5-3-4-10(15)12(18)16(9)6-8-7-20-13(19)14-8/h7,9-10H,2-6H2,1H3,(H,14,19). The average Bonchev–Trinajstić information content (AvgIpc) is 3.05. The molecule has 2 aliphatic heterocycles. The van der Waals surface area contributed by atoms with Crippen molar-refractivity contribution < 1.29 is 9.59 Å². The Morgan fingerprint density at radius 2 is 2.15 bits per heavy atom. The van der Waals surface area contributed by atoms with E-state index >= 15 is 0 Å². The van der Waals surface area contributed by atoms with E-state index in [1.165, 1.54) is 0 Å². The summed E-state index contributed by atoms with van der Waals surface area (Å²) >= 11 is 1.08. The predicted octanol–water partition coefficient (Wildman–Crippen LogP) is 0.548. The Balaban J connectivity index is 1.88. The van der Waals surface area contributed by atoms with Crippen LogP contribution in [0.15, 0.2) is 10.2 Å². The van der Waals surface area contributed by atoms with Crippen molar-refractivity contribution in [3.05, 3.63) is 20.7 Å². The van der Waals surface area contributed by atoms with Crippen molar-refractivity contribution in [2.24, 2.45) is 0 Å². The van der Waals surface area contributed by atoms with E-state index in [1.807, 2.05) is 6.92 Å². The minimum absolute atomic E-state index is 0.0148. The van der Waals surface area contributed by atoms with E-state index in [2.05, 4.69) is 4.98 Å². The zero-order valence-electron chi connectivity index (χ0n) is 11.3. The lowest BCUT2D eigenvalue weighted by Crippen LogP contribution is -2.62. The summed E-state index contributed by atoms with van der Waals surface area (Å²) in [4.78, 5) is 42.2. The number of hydrogen-bond donors (Lipinski definition) is 1. The molecule has 2 amide bonds. The molecule has 1 aromatic heterocycles. The van der Waals surface area contributed by atoms with Gasteiger partial charge in [0.25, 0.3) is 0 Å². The predicted molar refractivity (Wildman–Crippen MR) is 74.3 cm³/mol. The molecule has 1 aromatic rings. The normalized spacial score (nSPS) is 26.2. The van der Waals surface area contributed by atoms with Crippen LogP contribution < -0.4 is 4.87 Å². The molecule has 6 nitrogen and oxygen atoms in total. The molecule has 1 N–H and O–H groups in total. The van der Waals surface area contributed by atoms with E-state index in [-0.39, 0.29) is 22.7 Å². The maximum atomic E-state index is 12.6. The minimum Gasteiger partial charge on any atom is -0.329 e. The van der Waals surface area contributed by atoms with Crippen LogP contribution in [-0.4, -0.2) is 45.2 Å². The topological polar surface area (TPSA) is 73.5 Å². The second kappa shape index (κ2) is 5.05. The SMILES string of the molecule is CCC1C(=O)N2CCCC2C(=O)N1Cc1csc(=O)[nH]1. The fraction of sp³-hybridized carbons (Fsp3) is 0.615. The van der Waals surface area contributed by atoms with Gasteiger partial charge in [-0.3, -0.25) is 14.4 Å². The van der Waals surface area contributed by atoms with Crippen LogP contribution in [0.25, 0.3) is 0 Å². The smallest absolute Gasteiger partial charge is 0.304 e. The maximum absolute atomic E-state index is 12.6. The molecule has 0 aliphatic carbocycles. The van der Waals surface area contributed by atoms with Crippen molar-refractivity contribution in [1.29, 1.82) is 0 Å². The second-order valence-corrected chi connectivity index (χ2v) is 6.10. The molecule has 7 heteroatoms. The van der Waals surface area contributed by atoms with Gasteiger partial charge in [-0.2, -0.15) is 0 Å². The van der Waals surface area contributed by atoms with Gasteiger partial charge in [0.15, 0.2) is 0 Å². The van der Waals surface area contributed by atoms with Gasteiger partial charge in [-0.25, -0.2) is 0 Å². The van der Waals surface area contributed by atoms with Crippen LogP contribution in [0, 0.1) is 0 Å². The number of rotatable bonds is 3. The summed E-state index contributed by atoms with van der Waals surface area (Å²) in [5, 5.41) is 1.72. The number of carbonyl (C=O) groups excluding carboxylic acids is 2. The molecule has 0 radical (unpaired) electrons. The number of H-pyrrole nitrogens is 1. The van der Waals surface area contributed by atoms with Gasteiger partial charge in [-0.05, 0) is 19.3 Å². The number of aromatic amines is 1. The molecule has 20 heavy (non-hydrogen) atoms. The summed E-state index contributed by atoms with van der Waals surface area (Å²) in [6, 6.07) is -0.698. The van der Waals surface area contributed by atoms with Crippen molar-refractivity contribution in [2.45, 2.75) is 44.8 Å².